The molecule has 0 aliphatic carbocycles. The van der Waals surface area contributed by atoms with Crippen LogP contribution in [0.5, 0.6) is 0 Å². The van der Waals surface area contributed by atoms with Gasteiger partial charge in [0.2, 0.25) is 0 Å². The Morgan fingerprint density at radius 3 is 2.73 bits per heavy atom. The zero-order valence-corrected chi connectivity index (χ0v) is 18.5. The number of nitriles is 1. The zero-order chi connectivity index (χ0) is 20.9. The van der Waals surface area contributed by atoms with Crippen molar-refractivity contribution < 1.29 is 4.79 Å². The Balaban J connectivity index is 1.47. The highest BCUT2D eigenvalue weighted by molar-refractivity contribution is 7.99. The molecule has 0 amide bonds. The number of rotatable bonds is 8. The smallest absolute Gasteiger partial charge is 0.191 e. The average Bonchev–Trinajstić information content (AvgIpc) is 3.53. The number of carbonyl (C=O) groups excluding carboxylic acids is 1. The van der Waals surface area contributed by atoms with E-state index in [-0.39, 0.29) is 11.5 Å². The van der Waals surface area contributed by atoms with Crippen LogP contribution in [0.1, 0.15) is 17.8 Å². The molecule has 1 aromatic carbocycles. The summed E-state index contributed by atoms with van der Waals surface area (Å²) >= 11 is 4.25. The third-order valence-electron chi connectivity index (χ3n) is 4.41. The van der Waals surface area contributed by atoms with Crippen LogP contribution in [-0.2, 0) is 11.3 Å². The van der Waals surface area contributed by atoms with Gasteiger partial charge >= 0.3 is 0 Å². The van der Waals surface area contributed by atoms with Gasteiger partial charge in [0.15, 0.2) is 22.7 Å². The van der Waals surface area contributed by atoms with Crippen molar-refractivity contribution in [2.75, 3.05) is 5.75 Å². The molecule has 0 radical (unpaired) electrons. The lowest BCUT2D eigenvalue weighted by molar-refractivity contribution is -0.116. The van der Waals surface area contributed by atoms with Crippen LogP contribution in [0.4, 0.5) is 0 Å². The molecule has 0 spiro atoms. The molecule has 9 heteroatoms. The molecule has 4 rings (SSSR count). The molecule has 0 aliphatic rings. The lowest BCUT2D eigenvalue weighted by Gasteiger charge is -2.07. The lowest BCUT2D eigenvalue weighted by Crippen LogP contribution is -2.13. The van der Waals surface area contributed by atoms with Crippen LogP contribution >= 0.6 is 34.4 Å². The fourth-order valence-corrected chi connectivity index (χ4v) is 5.43. The second-order valence-corrected chi connectivity index (χ2v) is 9.06. The quantitative estimate of drug-likeness (QED) is 0.346. The minimum absolute atomic E-state index is 0.140. The van der Waals surface area contributed by atoms with Gasteiger partial charge in [-0.2, -0.15) is 5.26 Å². The lowest BCUT2D eigenvalue weighted by atomic mass is 10.1. The number of benzene rings is 1. The number of ketones is 1. The van der Waals surface area contributed by atoms with Crippen LogP contribution in [0.2, 0.25) is 0 Å². The Labute approximate surface area is 186 Å². The Morgan fingerprint density at radius 2 is 2.03 bits per heavy atom. The first-order valence-corrected chi connectivity index (χ1v) is 12.0. The summed E-state index contributed by atoms with van der Waals surface area (Å²) in [6, 6.07) is 15.8. The Hall–Kier alpha value is -2.80. The number of hydrogen-bond acceptors (Lipinski definition) is 8. The fourth-order valence-electron chi connectivity index (χ4n) is 2.91. The van der Waals surface area contributed by atoms with Crippen molar-refractivity contribution in [2.24, 2.45) is 0 Å². The summed E-state index contributed by atoms with van der Waals surface area (Å²) in [7, 11) is 0. The first-order chi connectivity index (χ1) is 14.7. The molecule has 0 N–H and O–H groups in total. The van der Waals surface area contributed by atoms with Crippen LogP contribution in [-0.4, -0.2) is 31.3 Å². The summed E-state index contributed by atoms with van der Waals surface area (Å²) in [5.74, 6) is -0.123. The normalized spacial score (nSPS) is 11.9. The molecule has 30 heavy (non-hydrogen) atoms. The molecule has 0 aliphatic heterocycles. The molecule has 0 unspecified atom stereocenters. The van der Waals surface area contributed by atoms with Crippen LogP contribution in [0, 0.1) is 11.3 Å². The third kappa shape index (κ3) is 4.21. The topological polar surface area (TPSA) is 84.5 Å². The zero-order valence-electron chi connectivity index (χ0n) is 16.1. The molecule has 150 valence electrons. The molecule has 0 fully saturated rings. The van der Waals surface area contributed by atoms with Gasteiger partial charge in [0.05, 0.1) is 22.4 Å². The van der Waals surface area contributed by atoms with Gasteiger partial charge in [-0.25, -0.2) is 4.98 Å². The molecule has 4 aromatic rings. The molecular weight excluding hydrogens is 434 g/mol. The van der Waals surface area contributed by atoms with E-state index >= 15 is 0 Å². The largest absolute Gasteiger partial charge is 0.302 e. The van der Waals surface area contributed by atoms with Gasteiger partial charge in [0, 0.05) is 17.5 Å². The minimum atomic E-state index is -0.880. The van der Waals surface area contributed by atoms with Crippen molar-refractivity contribution in [3.05, 3.63) is 58.2 Å². The van der Waals surface area contributed by atoms with Crippen LogP contribution in [0.3, 0.4) is 0 Å². The predicted octanol–water partition coefficient (Wildman–Crippen LogP) is 5.12. The van der Waals surface area contributed by atoms with Crippen molar-refractivity contribution in [1.29, 1.82) is 5.26 Å². The molecule has 3 aromatic heterocycles. The van der Waals surface area contributed by atoms with Crippen LogP contribution in [0.15, 0.2) is 58.4 Å². The highest BCUT2D eigenvalue weighted by atomic mass is 32.2. The van der Waals surface area contributed by atoms with E-state index in [2.05, 4.69) is 21.3 Å². The van der Waals surface area contributed by atoms with E-state index in [0.29, 0.717) is 16.7 Å². The highest BCUT2D eigenvalue weighted by Gasteiger charge is 2.25. The van der Waals surface area contributed by atoms with E-state index < -0.39 is 5.92 Å². The number of thiazole rings is 1. The molecular formula is C21H17N5OS3. The molecule has 3 heterocycles. The van der Waals surface area contributed by atoms with Gasteiger partial charge in [0.1, 0.15) is 5.01 Å². The number of thiophene rings is 1. The van der Waals surface area contributed by atoms with Crippen molar-refractivity contribution in [3.8, 4) is 28.0 Å². The third-order valence-corrected chi connectivity index (χ3v) is 7.17. The van der Waals surface area contributed by atoms with E-state index in [1.165, 1.54) is 23.1 Å². The van der Waals surface area contributed by atoms with E-state index in [1.54, 1.807) is 11.3 Å². The van der Waals surface area contributed by atoms with Crippen molar-refractivity contribution in [2.45, 2.75) is 24.5 Å². The highest BCUT2D eigenvalue weighted by Crippen LogP contribution is 2.30. The Kier molecular flexibility index (Phi) is 6.38. The van der Waals surface area contributed by atoms with E-state index in [1.807, 2.05) is 64.7 Å². The number of Topliss-reactive ketones (excluding diaryl/α,β-unsaturated/α-hetero) is 1. The van der Waals surface area contributed by atoms with Crippen molar-refractivity contribution >= 4 is 40.2 Å². The molecule has 1 atom stereocenters. The number of aromatic nitrogens is 4. The maximum absolute atomic E-state index is 12.8. The number of thioether (sulfide) groups is 1. The van der Waals surface area contributed by atoms with Gasteiger partial charge in [-0.3, -0.25) is 4.79 Å². The van der Waals surface area contributed by atoms with Crippen LogP contribution < -0.4 is 0 Å². The maximum Gasteiger partial charge on any atom is 0.191 e. The molecule has 0 bridgehead atoms. The summed E-state index contributed by atoms with van der Waals surface area (Å²) in [6.45, 7) is 2.72. The Morgan fingerprint density at radius 1 is 1.20 bits per heavy atom. The Bertz CT molecular complexity index is 1180. The number of nitrogens with zero attached hydrogens (tertiary/aromatic N) is 5. The van der Waals surface area contributed by atoms with Gasteiger partial charge in [0.25, 0.3) is 0 Å². The maximum atomic E-state index is 12.8. The van der Waals surface area contributed by atoms with E-state index in [4.69, 9.17) is 0 Å². The second kappa shape index (κ2) is 9.34. The van der Waals surface area contributed by atoms with Crippen molar-refractivity contribution in [1.82, 2.24) is 19.7 Å². The summed E-state index contributed by atoms with van der Waals surface area (Å²) in [4.78, 5) is 18.4. The fraction of sp³-hybridized carbons (Fsp3) is 0.190. The van der Waals surface area contributed by atoms with Gasteiger partial charge in [-0.1, -0.05) is 48.2 Å². The SMILES string of the molecule is CCn1c(SCC(=O)[C@@H](C#N)c2nc(-c3ccccc3)cs2)nnc1-c1cccs1. The first kappa shape index (κ1) is 20.5. The first-order valence-electron chi connectivity index (χ1n) is 9.24. The minimum Gasteiger partial charge on any atom is -0.302 e. The predicted molar refractivity (Wildman–Crippen MR) is 121 cm³/mol. The van der Waals surface area contributed by atoms with E-state index in [9.17, 15) is 10.1 Å². The summed E-state index contributed by atoms with van der Waals surface area (Å²) < 4.78 is 1.99. The molecule has 0 saturated heterocycles. The van der Waals surface area contributed by atoms with Crippen molar-refractivity contribution in [3.63, 3.8) is 0 Å². The van der Waals surface area contributed by atoms with Gasteiger partial charge in [-0.15, -0.1) is 32.9 Å². The van der Waals surface area contributed by atoms with Crippen LogP contribution in [0.25, 0.3) is 22.0 Å². The number of carbonyl (C=O) groups is 1. The van der Waals surface area contributed by atoms with E-state index in [0.717, 1.165) is 22.0 Å². The summed E-state index contributed by atoms with van der Waals surface area (Å²) in [5, 5.41) is 23.2. The van der Waals surface area contributed by atoms with Gasteiger partial charge < -0.3 is 4.57 Å². The molecule has 0 saturated carbocycles. The number of hydrogen-bond donors (Lipinski definition) is 0. The summed E-state index contributed by atoms with van der Waals surface area (Å²) in [5.41, 5.74) is 1.75. The molecule has 6 nitrogen and oxygen atoms in total. The average molecular weight is 452 g/mol. The van der Waals surface area contributed by atoms with Gasteiger partial charge in [-0.05, 0) is 18.4 Å². The second-order valence-electron chi connectivity index (χ2n) is 6.28. The monoisotopic (exact) mass is 451 g/mol. The summed E-state index contributed by atoms with van der Waals surface area (Å²) in [6.07, 6.45) is 0. The standard InChI is InChI=1S/C21H17N5OS3/c1-2-26-19(18-9-6-10-28-18)24-25-21(26)30-13-17(27)15(11-22)20-23-16(12-29-20)14-7-4-3-5-8-14/h3-10,12,15H,2,13H2,1H3/t15-/m1/s1.